The fraction of sp³-hybridized carbons (Fsp3) is 0.435. The molecule has 1 fully saturated rings. The number of halogens is 1. The number of hydrogen-bond donors (Lipinski definition) is 1. The van der Waals surface area contributed by atoms with Crippen LogP contribution < -0.4 is 14.8 Å². The van der Waals surface area contributed by atoms with E-state index in [1.54, 1.807) is 39.3 Å². The Hall–Kier alpha value is -2.29. The molecule has 9 heteroatoms. The van der Waals surface area contributed by atoms with Gasteiger partial charge in [0, 0.05) is 18.7 Å². The van der Waals surface area contributed by atoms with Crippen LogP contribution >= 0.6 is 11.6 Å². The van der Waals surface area contributed by atoms with Crippen molar-refractivity contribution in [1.29, 1.82) is 0 Å². The Morgan fingerprint density at radius 1 is 1.12 bits per heavy atom. The average Bonchev–Trinajstić information content (AvgIpc) is 2.78. The molecular formula is C23H29ClN2O5S. The van der Waals surface area contributed by atoms with Gasteiger partial charge in [-0.05, 0) is 62.1 Å². The Labute approximate surface area is 194 Å². The highest BCUT2D eigenvalue weighted by atomic mass is 35.5. The van der Waals surface area contributed by atoms with Crippen molar-refractivity contribution in [2.75, 3.05) is 27.3 Å². The van der Waals surface area contributed by atoms with Gasteiger partial charge in [-0.25, -0.2) is 8.42 Å². The second-order valence-corrected chi connectivity index (χ2v) is 10.4. The predicted molar refractivity (Wildman–Crippen MR) is 124 cm³/mol. The van der Waals surface area contributed by atoms with Gasteiger partial charge in [0.1, 0.15) is 11.5 Å². The molecule has 7 nitrogen and oxygen atoms in total. The van der Waals surface area contributed by atoms with E-state index in [0.29, 0.717) is 30.5 Å². The first kappa shape index (κ1) is 24.4. The zero-order valence-corrected chi connectivity index (χ0v) is 20.3. The molecular weight excluding hydrogens is 452 g/mol. The van der Waals surface area contributed by atoms with E-state index in [2.05, 4.69) is 12.2 Å². The van der Waals surface area contributed by atoms with Gasteiger partial charge in [-0.15, -0.1) is 0 Å². The highest BCUT2D eigenvalue weighted by Crippen LogP contribution is 2.30. The minimum atomic E-state index is -3.70. The van der Waals surface area contributed by atoms with Crippen LogP contribution in [0.3, 0.4) is 0 Å². The summed E-state index contributed by atoms with van der Waals surface area (Å²) < 4.78 is 38.3. The van der Waals surface area contributed by atoms with E-state index in [1.807, 2.05) is 0 Å². The zero-order chi connectivity index (χ0) is 23.5. The van der Waals surface area contributed by atoms with Gasteiger partial charge in [0.15, 0.2) is 0 Å². The third-order valence-electron chi connectivity index (χ3n) is 5.81. The van der Waals surface area contributed by atoms with Crippen molar-refractivity contribution in [2.24, 2.45) is 5.92 Å². The van der Waals surface area contributed by atoms with Crippen molar-refractivity contribution < 1.29 is 22.7 Å². The summed E-state index contributed by atoms with van der Waals surface area (Å²) in [6, 6.07) is 9.12. The van der Waals surface area contributed by atoms with Crippen molar-refractivity contribution in [3.8, 4) is 11.5 Å². The van der Waals surface area contributed by atoms with Crippen LogP contribution in [0.15, 0.2) is 41.3 Å². The summed E-state index contributed by atoms with van der Waals surface area (Å²) in [5.41, 5.74) is 0.828. The Morgan fingerprint density at radius 2 is 1.81 bits per heavy atom. The molecule has 0 aromatic heterocycles. The number of hydrogen-bond acceptors (Lipinski definition) is 5. The number of sulfonamides is 1. The summed E-state index contributed by atoms with van der Waals surface area (Å²) in [6.07, 6.45) is 1.64. The molecule has 0 aliphatic carbocycles. The molecule has 0 saturated carbocycles. The summed E-state index contributed by atoms with van der Waals surface area (Å²) in [5.74, 6) is 1.25. The van der Waals surface area contributed by atoms with Crippen molar-refractivity contribution in [3.05, 3.63) is 52.5 Å². The summed E-state index contributed by atoms with van der Waals surface area (Å²) in [4.78, 5) is 13.1. The fourth-order valence-corrected chi connectivity index (χ4v) is 5.44. The van der Waals surface area contributed by atoms with Crippen LogP contribution in [0.4, 0.5) is 0 Å². The van der Waals surface area contributed by atoms with Crippen LogP contribution in [-0.2, 0) is 10.0 Å². The number of amides is 1. The largest absolute Gasteiger partial charge is 0.497 e. The quantitative estimate of drug-likeness (QED) is 0.639. The van der Waals surface area contributed by atoms with E-state index >= 15 is 0 Å². The monoisotopic (exact) mass is 480 g/mol. The van der Waals surface area contributed by atoms with E-state index in [-0.39, 0.29) is 15.5 Å². The van der Waals surface area contributed by atoms with Gasteiger partial charge in [-0.1, -0.05) is 18.5 Å². The number of nitrogens with zero attached hydrogens (tertiary/aromatic N) is 1. The molecule has 2 aromatic rings. The molecule has 0 spiro atoms. The molecule has 32 heavy (non-hydrogen) atoms. The molecule has 2 aromatic carbocycles. The maximum atomic E-state index is 13.1. The smallest absolute Gasteiger partial charge is 0.253 e. The minimum Gasteiger partial charge on any atom is -0.497 e. The van der Waals surface area contributed by atoms with Crippen LogP contribution in [0.1, 0.15) is 48.7 Å². The number of benzene rings is 2. The van der Waals surface area contributed by atoms with Gasteiger partial charge in [0.05, 0.1) is 35.7 Å². The first-order chi connectivity index (χ1) is 15.2. The maximum absolute atomic E-state index is 13.1. The van der Waals surface area contributed by atoms with Crippen molar-refractivity contribution >= 4 is 27.5 Å². The molecule has 1 aliphatic rings. The van der Waals surface area contributed by atoms with E-state index < -0.39 is 22.0 Å². The number of piperidine rings is 1. The molecule has 1 saturated heterocycles. The van der Waals surface area contributed by atoms with Crippen LogP contribution in [0.2, 0.25) is 5.02 Å². The van der Waals surface area contributed by atoms with Crippen LogP contribution in [-0.4, -0.2) is 45.9 Å². The molecule has 0 bridgehead atoms. The first-order valence-electron chi connectivity index (χ1n) is 10.5. The van der Waals surface area contributed by atoms with Gasteiger partial charge in [0.2, 0.25) is 10.0 Å². The molecule has 1 N–H and O–H groups in total. The number of ether oxygens (including phenoxy) is 2. The van der Waals surface area contributed by atoms with Crippen molar-refractivity contribution in [3.63, 3.8) is 0 Å². The standard InChI is InChI=1S/C23H29ClN2O5S/c1-15-9-11-26(12-10-15)32(28,29)18-6-7-21(24)20(14-18)23(27)25-16(2)19-13-17(30-3)5-8-22(19)31-4/h5-8,13-16H,9-12H2,1-4H3,(H,25,27)/t16-/m1/s1. The Bertz CT molecular complexity index is 1080. The summed E-state index contributed by atoms with van der Waals surface area (Å²) in [6.45, 7) is 4.87. The molecule has 3 rings (SSSR count). The van der Waals surface area contributed by atoms with E-state index in [4.69, 9.17) is 21.1 Å². The SMILES string of the molecule is COc1ccc(OC)c([C@@H](C)NC(=O)c2cc(S(=O)(=O)N3CCC(C)CC3)ccc2Cl)c1. The molecule has 1 amide bonds. The van der Waals surface area contributed by atoms with Gasteiger partial charge < -0.3 is 14.8 Å². The van der Waals surface area contributed by atoms with E-state index in [9.17, 15) is 13.2 Å². The Balaban J connectivity index is 1.85. The lowest BCUT2D eigenvalue weighted by Crippen LogP contribution is -2.38. The summed E-state index contributed by atoms with van der Waals surface area (Å²) >= 11 is 6.27. The van der Waals surface area contributed by atoms with Crippen LogP contribution in [0.5, 0.6) is 11.5 Å². The third kappa shape index (κ3) is 5.19. The van der Waals surface area contributed by atoms with Crippen LogP contribution in [0, 0.1) is 5.92 Å². The van der Waals surface area contributed by atoms with Gasteiger partial charge in [-0.2, -0.15) is 4.31 Å². The van der Waals surface area contributed by atoms with Crippen molar-refractivity contribution in [1.82, 2.24) is 9.62 Å². The Morgan fingerprint density at radius 3 is 2.44 bits per heavy atom. The van der Waals surface area contributed by atoms with Crippen molar-refractivity contribution in [2.45, 2.75) is 37.6 Å². The lowest BCUT2D eigenvalue weighted by Gasteiger charge is -2.29. The van der Waals surface area contributed by atoms with Gasteiger partial charge in [-0.3, -0.25) is 4.79 Å². The zero-order valence-electron chi connectivity index (χ0n) is 18.7. The van der Waals surface area contributed by atoms with E-state index in [1.165, 1.54) is 22.5 Å². The highest BCUT2D eigenvalue weighted by Gasteiger charge is 2.29. The molecule has 0 unspecified atom stereocenters. The maximum Gasteiger partial charge on any atom is 0.253 e. The lowest BCUT2D eigenvalue weighted by molar-refractivity contribution is 0.0939. The molecule has 174 valence electrons. The van der Waals surface area contributed by atoms with Crippen LogP contribution in [0.25, 0.3) is 0 Å². The number of rotatable bonds is 7. The summed E-state index contributed by atoms with van der Waals surface area (Å²) in [7, 11) is -0.593. The second-order valence-electron chi connectivity index (χ2n) is 8.03. The number of methoxy groups -OCH3 is 2. The fourth-order valence-electron chi connectivity index (χ4n) is 3.74. The van der Waals surface area contributed by atoms with E-state index in [0.717, 1.165) is 18.4 Å². The van der Waals surface area contributed by atoms with Gasteiger partial charge in [0.25, 0.3) is 5.91 Å². The summed E-state index contributed by atoms with van der Waals surface area (Å²) in [5, 5.41) is 3.06. The number of nitrogens with one attached hydrogen (secondary N) is 1. The lowest BCUT2D eigenvalue weighted by atomic mass is 10.0. The molecule has 1 aliphatic heterocycles. The molecule has 0 radical (unpaired) electrons. The average molecular weight is 481 g/mol. The Kier molecular flexibility index (Phi) is 7.69. The number of carbonyl (C=O) groups is 1. The molecule has 1 atom stereocenters. The second kappa shape index (κ2) is 10.1. The highest BCUT2D eigenvalue weighted by molar-refractivity contribution is 7.89. The molecule has 1 heterocycles. The predicted octanol–water partition coefficient (Wildman–Crippen LogP) is 4.27. The third-order valence-corrected chi connectivity index (χ3v) is 8.04. The number of carbonyl (C=O) groups excluding carboxylic acids is 1. The minimum absolute atomic E-state index is 0.0632. The topological polar surface area (TPSA) is 84.9 Å². The first-order valence-corrected chi connectivity index (χ1v) is 12.3. The normalized spacial score (nSPS) is 16.4. The van der Waals surface area contributed by atoms with Gasteiger partial charge >= 0.3 is 0 Å².